The predicted molar refractivity (Wildman–Crippen MR) is 73.2 cm³/mol. The highest BCUT2D eigenvalue weighted by Crippen LogP contribution is 2.47. The van der Waals surface area contributed by atoms with Gasteiger partial charge in [-0.05, 0) is 18.9 Å². The summed E-state index contributed by atoms with van der Waals surface area (Å²) in [6, 6.07) is 1.57. The number of phenols is 2. The number of cyclic esters (lactones) is 1. The number of ether oxygens (including phenoxy) is 2. The molecular weight excluding hydrogens is 260 g/mol. The molecule has 0 aromatic heterocycles. The zero-order chi connectivity index (χ0) is 14.7. The minimum atomic E-state index is -0.587. The number of hydrogen-bond acceptors (Lipinski definition) is 5. The zero-order valence-corrected chi connectivity index (χ0v) is 11.8. The SMILES string of the molecule is CCCCCCC1OC(=O)c2c1cc(OC)c(O)c2O. The molecule has 1 unspecified atom stereocenters. The first-order chi connectivity index (χ1) is 9.60. The third-order valence-electron chi connectivity index (χ3n) is 3.61. The van der Waals surface area contributed by atoms with Crippen molar-refractivity contribution in [1.29, 1.82) is 0 Å². The highest BCUT2D eigenvalue weighted by molar-refractivity contribution is 5.98. The van der Waals surface area contributed by atoms with Crippen LogP contribution in [0, 0.1) is 0 Å². The van der Waals surface area contributed by atoms with Gasteiger partial charge in [0.15, 0.2) is 11.5 Å². The fourth-order valence-corrected chi connectivity index (χ4v) is 2.50. The Morgan fingerprint density at radius 1 is 1.25 bits per heavy atom. The Labute approximate surface area is 118 Å². The summed E-state index contributed by atoms with van der Waals surface area (Å²) in [5.41, 5.74) is 0.655. The summed E-state index contributed by atoms with van der Waals surface area (Å²) in [6.07, 6.45) is 4.68. The Kier molecular flexibility index (Phi) is 4.37. The van der Waals surface area contributed by atoms with Crippen LogP contribution < -0.4 is 4.74 Å². The molecule has 0 bridgehead atoms. The van der Waals surface area contributed by atoms with E-state index in [1.165, 1.54) is 7.11 Å². The van der Waals surface area contributed by atoms with Crippen molar-refractivity contribution in [3.8, 4) is 17.2 Å². The van der Waals surface area contributed by atoms with Gasteiger partial charge in [0.05, 0.1) is 7.11 Å². The number of fused-ring (bicyclic) bond motifs is 1. The molecule has 5 heteroatoms. The maximum atomic E-state index is 11.8. The number of benzene rings is 1. The molecule has 0 radical (unpaired) electrons. The van der Waals surface area contributed by atoms with Crippen LogP contribution in [-0.4, -0.2) is 23.3 Å². The molecule has 0 amide bonds. The molecule has 1 aromatic carbocycles. The van der Waals surface area contributed by atoms with Crippen LogP contribution in [-0.2, 0) is 4.74 Å². The lowest BCUT2D eigenvalue weighted by atomic mass is 9.98. The monoisotopic (exact) mass is 280 g/mol. The predicted octanol–water partition coefficient (Wildman–Crippen LogP) is 3.29. The van der Waals surface area contributed by atoms with Crippen molar-refractivity contribution in [2.75, 3.05) is 7.11 Å². The van der Waals surface area contributed by atoms with Gasteiger partial charge in [0.1, 0.15) is 11.7 Å². The molecule has 1 aromatic rings. The largest absolute Gasteiger partial charge is 0.504 e. The molecule has 0 saturated heterocycles. The molecule has 20 heavy (non-hydrogen) atoms. The molecule has 2 rings (SSSR count). The van der Waals surface area contributed by atoms with E-state index in [9.17, 15) is 15.0 Å². The van der Waals surface area contributed by atoms with Gasteiger partial charge >= 0.3 is 5.97 Å². The number of carbonyl (C=O) groups excluding carboxylic acids is 1. The van der Waals surface area contributed by atoms with Crippen LogP contribution in [0.1, 0.15) is 61.1 Å². The van der Waals surface area contributed by atoms with E-state index in [1.807, 2.05) is 0 Å². The van der Waals surface area contributed by atoms with Crippen LogP contribution in [0.25, 0.3) is 0 Å². The summed E-state index contributed by atoms with van der Waals surface area (Å²) in [7, 11) is 1.40. The summed E-state index contributed by atoms with van der Waals surface area (Å²) in [6.45, 7) is 2.14. The number of aromatic hydroxyl groups is 2. The van der Waals surface area contributed by atoms with Gasteiger partial charge in [-0.15, -0.1) is 0 Å². The quantitative estimate of drug-likeness (QED) is 0.475. The van der Waals surface area contributed by atoms with Gasteiger partial charge in [0.2, 0.25) is 5.75 Å². The van der Waals surface area contributed by atoms with Crippen LogP contribution in [0.15, 0.2) is 6.07 Å². The number of unbranched alkanes of at least 4 members (excludes halogenated alkanes) is 3. The van der Waals surface area contributed by atoms with E-state index in [0.717, 1.165) is 25.7 Å². The van der Waals surface area contributed by atoms with Crippen LogP contribution >= 0.6 is 0 Å². The molecule has 1 atom stereocenters. The average Bonchev–Trinajstić information content (AvgIpc) is 2.75. The Bertz CT molecular complexity index is 509. The lowest BCUT2D eigenvalue weighted by Gasteiger charge is -2.12. The Morgan fingerprint density at radius 2 is 2.00 bits per heavy atom. The summed E-state index contributed by atoms with van der Waals surface area (Å²) in [4.78, 5) is 11.8. The fourth-order valence-electron chi connectivity index (χ4n) is 2.50. The highest BCUT2D eigenvalue weighted by atomic mass is 16.5. The molecule has 0 aliphatic carbocycles. The Morgan fingerprint density at radius 3 is 2.65 bits per heavy atom. The molecule has 0 saturated carbocycles. The van der Waals surface area contributed by atoms with E-state index in [0.29, 0.717) is 12.0 Å². The highest BCUT2D eigenvalue weighted by Gasteiger charge is 2.36. The van der Waals surface area contributed by atoms with Gasteiger partial charge in [-0.1, -0.05) is 26.2 Å². The summed E-state index contributed by atoms with van der Waals surface area (Å²) < 4.78 is 10.3. The molecule has 1 aliphatic rings. The smallest absolute Gasteiger partial charge is 0.343 e. The number of rotatable bonds is 6. The first kappa shape index (κ1) is 14.5. The summed E-state index contributed by atoms with van der Waals surface area (Å²) in [5, 5.41) is 19.6. The van der Waals surface area contributed by atoms with Crippen molar-refractivity contribution in [2.45, 2.75) is 45.1 Å². The molecule has 0 spiro atoms. The van der Waals surface area contributed by atoms with E-state index in [-0.39, 0.29) is 17.4 Å². The van der Waals surface area contributed by atoms with E-state index >= 15 is 0 Å². The van der Waals surface area contributed by atoms with Crippen LogP contribution in [0.4, 0.5) is 0 Å². The number of esters is 1. The van der Waals surface area contributed by atoms with Gasteiger partial charge in [-0.3, -0.25) is 0 Å². The average molecular weight is 280 g/mol. The van der Waals surface area contributed by atoms with Crippen molar-refractivity contribution < 1.29 is 24.5 Å². The molecule has 1 aliphatic heterocycles. The topological polar surface area (TPSA) is 76.0 Å². The second kappa shape index (κ2) is 6.03. The van der Waals surface area contributed by atoms with Crippen molar-refractivity contribution in [2.24, 2.45) is 0 Å². The molecule has 5 nitrogen and oxygen atoms in total. The van der Waals surface area contributed by atoms with E-state index in [4.69, 9.17) is 9.47 Å². The fraction of sp³-hybridized carbons (Fsp3) is 0.533. The standard InChI is InChI=1S/C15H20O5/c1-3-4-5-6-7-10-9-8-11(19-2)13(16)14(17)12(9)15(18)20-10/h8,10,16-17H,3-7H2,1-2H3. The van der Waals surface area contributed by atoms with E-state index in [2.05, 4.69) is 6.92 Å². The number of hydrogen-bond donors (Lipinski definition) is 2. The van der Waals surface area contributed by atoms with Gasteiger partial charge in [-0.25, -0.2) is 4.79 Å². The number of carbonyl (C=O) groups is 1. The van der Waals surface area contributed by atoms with E-state index in [1.54, 1.807) is 6.07 Å². The minimum absolute atomic E-state index is 0.0591. The first-order valence-electron chi connectivity index (χ1n) is 6.93. The lowest BCUT2D eigenvalue weighted by Crippen LogP contribution is -1.98. The van der Waals surface area contributed by atoms with Crippen molar-refractivity contribution in [3.05, 3.63) is 17.2 Å². The van der Waals surface area contributed by atoms with E-state index < -0.39 is 17.5 Å². The normalized spacial score (nSPS) is 16.9. The maximum absolute atomic E-state index is 11.8. The van der Waals surface area contributed by atoms with Gasteiger partial charge in [0.25, 0.3) is 0 Å². The van der Waals surface area contributed by atoms with Crippen LogP contribution in [0.2, 0.25) is 0 Å². The Hall–Kier alpha value is -1.91. The summed E-state index contributed by atoms with van der Waals surface area (Å²) >= 11 is 0. The second-order valence-corrected chi connectivity index (χ2v) is 4.98. The molecule has 0 fully saturated rings. The van der Waals surface area contributed by atoms with Crippen LogP contribution in [0.5, 0.6) is 17.2 Å². The van der Waals surface area contributed by atoms with Gasteiger partial charge in [0, 0.05) is 5.56 Å². The van der Waals surface area contributed by atoms with Crippen molar-refractivity contribution >= 4 is 5.97 Å². The second-order valence-electron chi connectivity index (χ2n) is 4.98. The third kappa shape index (κ3) is 2.53. The zero-order valence-electron chi connectivity index (χ0n) is 11.8. The van der Waals surface area contributed by atoms with Crippen molar-refractivity contribution in [1.82, 2.24) is 0 Å². The molecule has 110 valence electrons. The van der Waals surface area contributed by atoms with Crippen molar-refractivity contribution in [3.63, 3.8) is 0 Å². The van der Waals surface area contributed by atoms with Gasteiger partial charge < -0.3 is 19.7 Å². The maximum Gasteiger partial charge on any atom is 0.343 e. The first-order valence-corrected chi connectivity index (χ1v) is 6.93. The number of methoxy groups -OCH3 is 1. The summed E-state index contributed by atoms with van der Waals surface area (Å²) in [5.74, 6) is -1.32. The van der Waals surface area contributed by atoms with Crippen LogP contribution in [0.3, 0.4) is 0 Å². The minimum Gasteiger partial charge on any atom is -0.504 e. The third-order valence-corrected chi connectivity index (χ3v) is 3.61. The molecular formula is C15H20O5. The van der Waals surface area contributed by atoms with Gasteiger partial charge in [-0.2, -0.15) is 0 Å². The molecule has 2 N–H and O–H groups in total. The lowest BCUT2D eigenvalue weighted by molar-refractivity contribution is 0.0361. The molecule has 1 heterocycles. The Balaban J connectivity index is 2.23. The number of phenolic OH excluding ortho intramolecular Hbond substituents is 2.